The predicted octanol–water partition coefficient (Wildman–Crippen LogP) is 3.57. The van der Waals surface area contributed by atoms with Crippen LogP contribution >= 0.6 is 0 Å². The van der Waals surface area contributed by atoms with Crippen molar-refractivity contribution < 1.29 is 14.9 Å². The van der Waals surface area contributed by atoms with E-state index in [1.54, 1.807) is 19.2 Å². The molecule has 0 spiro atoms. The van der Waals surface area contributed by atoms with E-state index in [4.69, 9.17) is 4.74 Å². The average Bonchev–Trinajstić information content (AvgIpc) is 2.38. The summed E-state index contributed by atoms with van der Waals surface area (Å²) in [6, 6.07) is 10.7. The fraction of sp³-hybridized carbons (Fsp3) is 0.250. The summed E-state index contributed by atoms with van der Waals surface area (Å²) in [4.78, 5) is 0. The second-order valence-corrected chi connectivity index (χ2v) is 4.69. The van der Waals surface area contributed by atoms with Gasteiger partial charge in [-0.3, -0.25) is 0 Å². The van der Waals surface area contributed by atoms with Crippen molar-refractivity contribution in [2.45, 2.75) is 19.8 Å². The Balaban J connectivity index is 2.38. The molecule has 2 N–H and O–H groups in total. The Morgan fingerprint density at radius 2 is 1.79 bits per heavy atom. The van der Waals surface area contributed by atoms with Crippen molar-refractivity contribution in [3.63, 3.8) is 0 Å². The molecule has 0 saturated heterocycles. The molecule has 0 aliphatic rings. The molecule has 0 aromatic heterocycles. The molecular weight excluding hydrogens is 240 g/mol. The van der Waals surface area contributed by atoms with E-state index in [1.165, 1.54) is 6.07 Å². The Bertz CT molecular complexity index is 591. The molecule has 0 radical (unpaired) electrons. The minimum atomic E-state index is 0.0465. The van der Waals surface area contributed by atoms with Crippen molar-refractivity contribution in [2.24, 2.45) is 0 Å². The Hall–Kier alpha value is -2.16. The number of hydrogen-bond acceptors (Lipinski definition) is 3. The van der Waals surface area contributed by atoms with Gasteiger partial charge >= 0.3 is 0 Å². The minimum Gasteiger partial charge on any atom is -0.508 e. The Morgan fingerprint density at radius 3 is 2.37 bits per heavy atom. The van der Waals surface area contributed by atoms with E-state index < -0.39 is 0 Å². The van der Waals surface area contributed by atoms with Crippen LogP contribution in [0.25, 0.3) is 0 Å². The van der Waals surface area contributed by atoms with E-state index in [0.717, 1.165) is 22.4 Å². The second-order valence-electron chi connectivity index (χ2n) is 4.69. The van der Waals surface area contributed by atoms with Crippen LogP contribution in [0.15, 0.2) is 36.4 Å². The number of aromatic hydroxyl groups is 2. The highest BCUT2D eigenvalue weighted by atomic mass is 16.5. The van der Waals surface area contributed by atoms with E-state index >= 15 is 0 Å². The van der Waals surface area contributed by atoms with Crippen LogP contribution in [0.3, 0.4) is 0 Å². The van der Waals surface area contributed by atoms with Crippen LogP contribution in [-0.2, 0) is 0 Å². The SMILES string of the molecule is COc1ccc(C(C)c2ccc(O)cc2O)cc1C. The fourth-order valence-electron chi connectivity index (χ4n) is 2.25. The maximum atomic E-state index is 9.91. The lowest BCUT2D eigenvalue weighted by Gasteiger charge is -2.16. The molecule has 0 heterocycles. The molecule has 2 aromatic rings. The van der Waals surface area contributed by atoms with Crippen LogP contribution in [0.5, 0.6) is 17.2 Å². The van der Waals surface area contributed by atoms with Gasteiger partial charge in [0, 0.05) is 17.5 Å². The highest BCUT2D eigenvalue weighted by molar-refractivity contribution is 5.46. The molecule has 1 unspecified atom stereocenters. The van der Waals surface area contributed by atoms with Crippen LogP contribution in [0.1, 0.15) is 29.5 Å². The minimum absolute atomic E-state index is 0.0465. The molecule has 3 nitrogen and oxygen atoms in total. The summed E-state index contributed by atoms with van der Waals surface area (Å²) in [5, 5.41) is 19.2. The Morgan fingerprint density at radius 1 is 1.05 bits per heavy atom. The zero-order valence-corrected chi connectivity index (χ0v) is 11.3. The van der Waals surface area contributed by atoms with Crippen molar-refractivity contribution in [1.82, 2.24) is 0 Å². The van der Waals surface area contributed by atoms with Gasteiger partial charge in [-0.1, -0.05) is 25.1 Å². The Labute approximate surface area is 113 Å². The van der Waals surface area contributed by atoms with Crippen LogP contribution < -0.4 is 4.74 Å². The van der Waals surface area contributed by atoms with Gasteiger partial charge < -0.3 is 14.9 Å². The Kier molecular flexibility index (Phi) is 3.65. The molecule has 3 heteroatoms. The lowest BCUT2D eigenvalue weighted by Crippen LogP contribution is -1.98. The number of aryl methyl sites for hydroxylation is 1. The lowest BCUT2D eigenvalue weighted by atomic mass is 9.91. The van der Waals surface area contributed by atoms with Gasteiger partial charge in [0.05, 0.1) is 7.11 Å². The third-order valence-corrected chi connectivity index (χ3v) is 3.40. The van der Waals surface area contributed by atoms with Gasteiger partial charge in [0.25, 0.3) is 0 Å². The van der Waals surface area contributed by atoms with E-state index in [0.29, 0.717) is 0 Å². The molecule has 2 aromatic carbocycles. The van der Waals surface area contributed by atoms with Gasteiger partial charge in [-0.15, -0.1) is 0 Å². The van der Waals surface area contributed by atoms with Crippen molar-refractivity contribution in [2.75, 3.05) is 7.11 Å². The van der Waals surface area contributed by atoms with Crippen molar-refractivity contribution in [1.29, 1.82) is 0 Å². The van der Waals surface area contributed by atoms with Gasteiger partial charge in [-0.2, -0.15) is 0 Å². The molecule has 2 rings (SSSR count). The summed E-state index contributed by atoms with van der Waals surface area (Å²) >= 11 is 0. The van der Waals surface area contributed by atoms with Crippen molar-refractivity contribution in [3.8, 4) is 17.2 Å². The first kappa shape index (κ1) is 13.3. The third kappa shape index (κ3) is 2.65. The first-order valence-corrected chi connectivity index (χ1v) is 6.19. The summed E-state index contributed by atoms with van der Waals surface area (Å²) in [7, 11) is 1.65. The standard InChI is InChI=1S/C16H18O3/c1-10-8-12(4-7-16(10)19-3)11(2)14-6-5-13(17)9-15(14)18/h4-9,11,17-18H,1-3H3. The largest absolute Gasteiger partial charge is 0.508 e. The number of benzene rings is 2. The highest BCUT2D eigenvalue weighted by Crippen LogP contribution is 2.34. The molecule has 0 fully saturated rings. The maximum Gasteiger partial charge on any atom is 0.123 e. The maximum absolute atomic E-state index is 9.91. The van der Waals surface area contributed by atoms with Gasteiger partial charge in [-0.25, -0.2) is 0 Å². The molecule has 100 valence electrons. The number of methoxy groups -OCH3 is 1. The van der Waals surface area contributed by atoms with Crippen LogP contribution in [-0.4, -0.2) is 17.3 Å². The van der Waals surface area contributed by atoms with Crippen LogP contribution in [0.2, 0.25) is 0 Å². The molecule has 0 aliphatic heterocycles. The summed E-state index contributed by atoms with van der Waals surface area (Å²) in [6.07, 6.45) is 0. The second kappa shape index (κ2) is 5.22. The average molecular weight is 258 g/mol. The number of phenolic OH excluding ortho intramolecular Hbond substituents is 2. The smallest absolute Gasteiger partial charge is 0.123 e. The van der Waals surface area contributed by atoms with Crippen molar-refractivity contribution in [3.05, 3.63) is 53.1 Å². The number of phenols is 2. The van der Waals surface area contributed by atoms with Crippen molar-refractivity contribution >= 4 is 0 Å². The first-order valence-electron chi connectivity index (χ1n) is 6.19. The van der Waals surface area contributed by atoms with Gasteiger partial charge in [0.15, 0.2) is 0 Å². The zero-order chi connectivity index (χ0) is 14.0. The van der Waals surface area contributed by atoms with Crippen LogP contribution in [0.4, 0.5) is 0 Å². The topological polar surface area (TPSA) is 49.7 Å². The van der Waals surface area contributed by atoms with Gasteiger partial charge in [-0.05, 0) is 30.2 Å². The number of ether oxygens (including phenoxy) is 1. The lowest BCUT2D eigenvalue weighted by molar-refractivity contribution is 0.411. The summed E-state index contributed by atoms with van der Waals surface area (Å²) in [5.74, 6) is 1.08. The quantitative estimate of drug-likeness (QED) is 0.885. The molecule has 1 atom stereocenters. The summed E-state index contributed by atoms with van der Waals surface area (Å²) in [6.45, 7) is 4.01. The molecular formula is C16H18O3. The fourth-order valence-corrected chi connectivity index (χ4v) is 2.25. The van der Waals surface area contributed by atoms with Crippen LogP contribution in [0, 0.1) is 6.92 Å². The third-order valence-electron chi connectivity index (χ3n) is 3.40. The monoisotopic (exact) mass is 258 g/mol. The molecule has 0 aliphatic carbocycles. The zero-order valence-electron chi connectivity index (χ0n) is 11.3. The van der Waals surface area contributed by atoms with E-state index in [1.807, 2.05) is 26.0 Å². The molecule has 0 saturated carbocycles. The van der Waals surface area contributed by atoms with Gasteiger partial charge in [0.1, 0.15) is 17.2 Å². The van der Waals surface area contributed by atoms with E-state index in [9.17, 15) is 10.2 Å². The molecule has 0 bridgehead atoms. The van der Waals surface area contributed by atoms with E-state index in [-0.39, 0.29) is 17.4 Å². The summed E-state index contributed by atoms with van der Waals surface area (Å²) in [5.41, 5.74) is 2.95. The van der Waals surface area contributed by atoms with Gasteiger partial charge in [0.2, 0.25) is 0 Å². The molecule has 19 heavy (non-hydrogen) atoms. The highest BCUT2D eigenvalue weighted by Gasteiger charge is 2.14. The van der Waals surface area contributed by atoms with E-state index in [2.05, 4.69) is 6.07 Å². The normalized spacial score (nSPS) is 12.2. The molecule has 0 amide bonds. The number of rotatable bonds is 3. The first-order chi connectivity index (χ1) is 9.02. The summed E-state index contributed by atoms with van der Waals surface area (Å²) < 4.78 is 5.24. The number of hydrogen-bond donors (Lipinski definition) is 2. The predicted molar refractivity (Wildman–Crippen MR) is 75.0 cm³/mol.